The third-order valence-corrected chi connectivity index (χ3v) is 4.05. The van der Waals surface area contributed by atoms with Crippen molar-refractivity contribution in [1.29, 1.82) is 0 Å². The summed E-state index contributed by atoms with van der Waals surface area (Å²) in [5.41, 5.74) is 5.86. The molecule has 0 saturated heterocycles. The Balaban J connectivity index is 2.78. The van der Waals surface area contributed by atoms with Crippen molar-refractivity contribution in [2.75, 3.05) is 19.6 Å². The summed E-state index contributed by atoms with van der Waals surface area (Å²) in [6.07, 6.45) is 4.42. The zero-order valence-corrected chi connectivity index (χ0v) is 11.5. The summed E-state index contributed by atoms with van der Waals surface area (Å²) in [5.74, 6) is 0.766. The number of likely N-dealkylation sites (N-methyl/N-ethyl adjacent to an activating group) is 1. The van der Waals surface area contributed by atoms with Gasteiger partial charge in [0, 0.05) is 19.6 Å². The number of nitrogens with zero attached hydrogens (tertiary/aromatic N) is 1. The summed E-state index contributed by atoms with van der Waals surface area (Å²) in [6.45, 7) is 8.24. The van der Waals surface area contributed by atoms with Gasteiger partial charge in [-0.2, -0.15) is 0 Å². The minimum atomic E-state index is -0.111. The van der Waals surface area contributed by atoms with Crippen LogP contribution >= 0.6 is 0 Å². The van der Waals surface area contributed by atoms with Crippen molar-refractivity contribution < 1.29 is 4.79 Å². The summed E-state index contributed by atoms with van der Waals surface area (Å²) in [6, 6.07) is 0.0370. The molecule has 100 valence electrons. The van der Waals surface area contributed by atoms with Crippen LogP contribution < -0.4 is 11.1 Å². The number of carbonyl (C=O) groups is 1. The van der Waals surface area contributed by atoms with Crippen LogP contribution in [-0.2, 0) is 0 Å². The zero-order valence-electron chi connectivity index (χ0n) is 11.5. The molecule has 0 aromatic carbocycles. The highest BCUT2D eigenvalue weighted by molar-refractivity contribution is 5.75. The Morgan fingerprint density at radius 1 is 1.41 bits per heavy atom. The monoisotopic (exact) mass is 241 g/mol. The van der Waals surface area contributed by atoms with Gasteiger partial charge < -0.3 is 16.0 Å². The maximum Gasteiger partial charge on any atom is 0.317 e. The molecule has 0 bridgehead atoms. The predicted molar refractivity (Wildman–Crippen MR) is 70.9 cm³/mol. The van der Waals surface area contributed by atoms with Crippen LogP contribution in [0.2, 0.25) is 0 Å². The average Bonchev–Trinajstić information content (AvgIpc) is 2.33. The maximum atomic E-state index is 12.1. The summed E-state index contributed by atoms with van der Waals surface area (Å²) in [7, 11) is 0. The number of urea groups is 1. The summed E-state index contributed by atoms with van der Waals surface area (Å²) < 4.78 is 0. The molecular formula is C13H27N3O. The first-order chi connectivity index (χ1) is 8.09. The standard InChI is InChI=1S/C13H27N3O/c1-4-15-12(17)16(5-2)13(10-14)8-6-11(3)7-9-13/h11H,4-10,14H2,1-3H3,(H,15,17). The third kappa shape index (κ3) is 3.12. The minimum absolute atomic E-state index is 0.0370. The van der Waals surface area contributed by atoms with Gasteiger partial charge in [-0.15, -0.1) is 0 Å². The van der Waals surface area contributed by atoms with E-state index < -0.39 is 0 Å². The lowest BCUT2D eigenvalue weighted by Gasteiger charge is -2.46. The van der Waals surface area contributed by atoms with E-state index in [-0.39, 0.29) is 11.6 Å². The Kier molecular flexibility index (Phi) is 5.25. The van der Waals surface area contributed by atoms with Crippen LogP contribution in [0.1, 0.15) is 46.5 Å². The smallest absolute Gasteiger partial charge is 0.317 e. The second-order valence-corrected chi connectivity index (χ2v) is 5.19. The molecule has 0 unspecified atom stereocenters. The van der Waals surface area contributed by atoms with Crippen molar-refractivity contribution >= 4 is 6.03 Å². The molecule has 0 spiro atoms. The molecule has 4 heteroatoms. The van der Waals surface area contributed by atoms with Crippen molar-refractivity contribution in [1.82, 2.24) is 10.2 Å². The average molecular weight is 241 g/mol. The molecule has 1 aliphatic rings. The highest BCUT2D eigenvalue weighted by atomic mass is 16.2. The van der Waals surface area contributed by atoms with E-state index in [1.807, 2.05) is 18.7 Å². The van der Waals surface area contributed by atoms with E-state index in [4.69, 9.17) is 5.73 Å². The molecule has 0 radical (unpaired) electrons. The summed E-state index contributed by atoms with van der Waals surface area (Å²) >= 11 is 0. The van der Waals surface area contributed by atoms with Gasteiger partial charge in [0.1, 0.15) is 0 Å². The van der Waals surface area contributed by atoms with Gasteiger partial charge in [-0.3, -0.25) is 0 Å². The molecule has 17 heavy (non-hydrogen) atoms. The van der Waals surface area contributed by atoms with Crippen molar-refractivity contribution in [3.8, 4) is 0 Å². The Morgan fingerprint density at radius 3 is 2.41 bits per heavy atom. The number of carbonyl (C=O) groups excluding carboxylic acids is 1. The Labute approximate surface area is 105 Å². The molecule has 0 aliphatic heterocycles. The number of hydrogen-bond acceptors (Lipinski definition) is 2. The van der Waals surface area contributed by atoms with Crippen molar-refractivity contribution in [2.45, 2.75) is 52.0 Å². The fraction of sp³-hybridized carbons (Fsp3) is 0.923. The van der Waals surface area contributed by atoms with E-state index in [0.717, 1.165) is 25.3 Å². The van der Waals surface area contributed by atoms with Gasteiger partial charge in [0.2, 0.25) is 0 Å². The molecule has 0 atom stereocenters. The molecule has 3 N–H and O–H groups in total. The Morgan fingerprint density at radius 2 is 2.00 bits per heavy atom. The van der Waals surface area contributed by atoms with Crippen LogP contribution in [0.3, 0.4) is 0 Å². The zero-order chi connectivity index (χ0) is 12.9. The molecular weight excluding hydrogens is 214 g/mol. The van der Waals surface area contributed by atoms with Gasteiger partial charge in [0.05, 0.1) is 5.54 Å². The first-order valence-electron chi connectivity index (χ1n) is 6.85. The highest BCUT2D eigenvalue weighted by Crippen LogP contribution is 2.35. The van der Waals surface area contributed by atoms with Gasteiger partial charge in [-0.05, 0) is 45.4 Å². The second kappa shape index (κ2) is 6.24. The largest absolute Gasteiger partial charge is 0.338 e. The first kappa shape index (κ1) is 14.3. The van der Waals surface area contributed by atoms with Gasteiger partial charge in [0.25, 0.3) is 0 Å². The quantitative estimate of drug-likeness (QED) is 0.790. The highest BCUT2D eigenvalue weighted by Gasteiger charge is 2.40. The van der Waals surface area contributed by atoms with E-state index in [2.05, 4.69) is 12.2 Å². The first-order valence-corrected chi connectivity index (χ1v) is 6.85. The van der Waals surface area contributed by atoms with E-state index in [1.54, 1.807) is 0 Å². The second-order valence-electron chi connectivity index (χ2n) is 5.19. The summed E-state index contributed by atoms with van der Waals surface area (Å²) in [5, 5.41) is 2.90. The van der Waals surface area contributed by atoms with E-state index in [1.165, 1.54) is 12.8 Å². The molecule has 0 heterocycles. The van der Waals surface area contributed by atoms with Gasteiger partial charge in [-0.1, -0.05) is 6.92 Å². The topological polar surface area (TPSA) is 58.4 Å². The molecule has 1 saturated carbocycles. The van der Waals surface area contributed by atoms with Crippen LogP contribution in [0.15, 0.2) is 0 Å². The molecule has 1 aliphatic carbocycles. The van der Waals surface area contributed by atoms with Crippen LogP contribution in [0.5, 0.6) is 0 Å². The Bertz CT molecular complexity index is 247. The lowest BCUT2D eigenvalue weighted by Crippen LogP contribution is -2.60. The normalized spacial score (nSPS) is 28.8. The number of nitrogens with two attached hydrogens (primary N) is 1. The fourth-order valence-electron chi connectivity index (χ4n) is 2.82. The molecule has 0 aromatic rings. The van der Waals surface area contributed by atoms with Crippen molar-refractivity contribution in [3.63, 3.8) is 0 Å². The lowest BCUT2D eigenvalue weighted by atomic mass is 9.76. The number of nitrogens with one attached hydrogen (secondary N) is 1. The van der Waals surface area contributed by atoms with Gasteiger partial charge >= 0.3 is 6.03 Å². The van der Waals surface area contributed by atoms with Crippen molar-refractivity contribution in [3.05, 3.63) is 0 Å². The van der Waals surface area contributed by atoms with E-state index in [0.29, 0.717) is 13.1 Å². The van der Waals surface area contributed by atoms with E-state index >= 15 is 0 Å². The number of rotatable bonds is 4. The SMILES string of the molecule is CCNC(=O)N(CC)C1(CN)CCC(C)CC1. The summed E-state index contributed by atoms with van der Waals surface area (Å²) in [4.78, 5) is 14.0. The third-order valence-electron chi connectivity index (χ3n) is 4.05. The Hall–Kier alpha value is -0.770. The molecule has 1 rings (SSSR count). The van der Waals surface area contributed by atoms with Crippen LogP contribution in [-0.4, -0.2) is 36.1 Å². The fourth-order valence-corrected chi connectivity index (χ4v) is 2.82. The van der Waals surface area contributed by atoms with Crippen LogP contribution in [0.25, 0.3) is 0 Å². The predicted octanol–water partition coefficient (Wildman–Crippen LogP) is 1.95. The lowest BCUT2D eigenvalue weighted by molar-refractivity contribution is 0.0752. The molecule has 1 fully saturated rings. The number of amides is 2. The maximum absolute atomic E-state index is 12.1. The molecule has 4 nitrogen and oxygen atoms in total. The number of hydrogen-bond donors (Lipinski definition) is 2. The molecule has 2 amide bonds. The van der Waals surface area contributed by atoms with Crippen LogP contribution in [0.4, 0.5) is 4.79 Å². The van der Waals surface area contributed by atoms with E-state index in [9.17, 15) is 4.79 Å². The van der Waals surface area contributed by atoms with Gasteiger partial charge in [-0.25, -0.2) is 4.79 Å². The molecule has 0 aromatic heterocycles. The van der Waals surface area contributed by atoms with Crippen molar-refractivity contribution in [2.24, 2.45) is 11.7 Å². The van der Waals surface area contributed by atoms with Crippen LogP contribution in [0, 0.1) is 5.92 Å². The van der Waals surface area contributed by atoms with Gasteiger partial charge in [0.15, 0.2) is 0 Å². The minimum Gasteiger partial charge on any atom is -0.338 e.